The third-order valence-corrected chi connectivity index (χ3v) is 1.56. The van der Waals surface area contributed by atoms with Gasteiger partial charge in [0, 0.05) is 0 Å². The van der Waals surface area contributed by atoms with E-state index in [1.165, 1.54) is 12.8 Å². The van der Waals surface area contributed by atoms with Crippen LogP contribution in [0.4, 0.5) is 0 Å². The molecule has 1 fully saturated rings. The van der Waals surface area contributed by atoms with Crippen molar-refractivity contribution in [2.24, 2.45) is 5.92 Å². The van der Waals surface area contributed by atoms with E-state index in [0.717, 1.165) is 0 Å². The topological polar surface area (TPSA) is 26.3 Å². The first-order chi connectivity index (χ1) is 4.33. The first-order valence-electron chi connectivity index (χ1n) is 3.09. The van der Waals surface area contributed by atoms with Crippen LogP contribution in [0.2, 0.25) is 0 Å². The van der Waals surface area contributed by atoms with Gasteiger partial charge < -0.3 is 4.74 Å². The molecule has 0 aromatic rings. The maximum absolute atomic E-state index is 10.4. The normalized spacial score (nSPS) is 17.4. The van der Waals surface area contributed by atoms with Crippen LogP contribution in [-0.4, -0.2) is 18.3 Å². The van der Waals surface area contributed by atoms with Crippen molar-refractivity contribution in [3.63, 3.8) is 0 Å². The van der Waals surface area contributed by atoms with Gasteiger partial charge in [0.25, 0.3) is 0 Å². The molecule has 3 heteroatoms. The number of carbonyl (C=O) groups excluding carboxylic acids is 1. The number of thiol groups is 1. The molecule has 9 heavy (non-hydrogen) atoms. The highest BCUT2D eigenvalue weighted by atomic mass is 32.1. The minimum absolute atomic E-state index is 0.201. The molecule has 1 rings (SSSR count). The minimum Gasteiger partial charge on any atom is -0.465 e. The number of ether oxygens (including phenoxy) is 1. The predicted octanol–water partition coefficient (Wildman–Crippen LogP) is 0.869. The molecule has 2 nitrogen and oxygen atoms in total. The highest BCUT2D eigenvalue weighted by molar-refractivity contribution is 7.81. The Bertz CT molecular complexity index is 110. The van der Waals surface area contributed by atoms with Gasteiger partial charge in [-0.2, -0.15) is 12.6 Å². The molecular weight excluding hydrogens is 136 g/mol. The summed E-state index contributed by atoms with van der Waals surface area (Å²) < 4.78 is 4.80. The molecule has 0 aromatic heterocycles. The van der Waals surface area contributed by atoms with E-state index in [-0.39, 0.29) is 11.7 Å². The maximum Gasteiger partial charge on any atom is 0.315 e. The van der Waals surface area contributed by atoms with Crippen molar-refractivity contribution in [2.75, 3.05) is 12.4 Å². The molecule has 52 valence electrons. The summed E-state index contributed by atoms with van der Waals surface area (Å²) in [6, 6.07) is 0. The summed E-state index contributed by atoms with van der Waals surface area (Å²) in [7, 11) is 0. The van der Waals surface area contributed by atoms with Crippen LogP contribution in [-0.2, 0) is 9.53 Å². The van der Waals surface area contributed by atoms with Crippen molar-refractivity contribution >= 4 is 18.6 Å². The van der Waals surface area contributed by atoms with Crippen LogP contribution in [0.5, 0.6) is 0 Å². The second-order valence-electron chi connectivity index (χ2n) is 2.28. The average molecular weight is 146 g/mol. The lowest BCUT2D eigenvalue weighted by molar-refractivity contribution is -0.140. The van der Waals surface area contributed by atoms with Gasteiger partial charge in [0.05, 0.1) is 12.4 Å². The Hall–Kier alpha value is -0.180. The van der Waals surface area contributed by atoms with Gasteiger partial charge in [0.15, 0.2) is 0 Å². The lowest BCUT2D eigenvalue weighted by atomic mass is 10.5. The number of hydrogen-bond acceptors (Lipinski definition) is 3. The lowest BCUT2D eigenvalue weighted by Crippen LogP contribution is -2.07. The SMILES string of the molecule is O=C(CS)OCC1CC1. The van der Waals surface area contributed by atoms with Crippen molar-refractivity contribution in [1.29, 1.82) is 0 Å². The summed E-state index contributed by atoms with van der Waals surface area (Å²) in [5.74, 6) is 0.659. The Kier molecular flexibility index (Phi) is 2.39. The van der Waals surface area contributed by atoms with Gasteiger partial charge in [-0.15, -0.1) is 0 Å². The molecule has 0 N–H and O–H groups in total. The Labute approximate surface area is 60.0 Å². The molecule has 0 heterocycles. The van der Waals surface area contributed by atoms with Crippen LogP contribution in [0.25, 0.3) is 0 Å². The van der Waals surface area contributed by atoms with Crippen LogP contribution < -0.4 is 0 Å². The zero-order valence-electron chi connectivity index (χ0n) is 5.17. The van der Waals surface area contributed by atoms with E-state index in [9.17, 15) is 4.79 Å². The Morgan fingerprint density at radius 1 is 1.67 bits per heavy atom. The summed E-state index contributed by atoms with van der Waals surface area (Å²) >= 11 is 3.76. The monoisotopic (exact) mass is 146 g/mol. The fourth-order valence-electron chi connectivity index (χ4n) is 0.541. The molecule has 0 unspecified atom stereocenters. The van der Waals surface area contributed by atoms with Gasteiger partial charge in [0.1, 0.15) is 0 Å². The minimum atomic E-state index is -0.203. The highest BCUT2D eigenvalue weighted by Crippen LogP contribution is 2.28. The summed E-state index contributed by atoms with van der Waals surface area (Å²) in [5.41, 5.74) is 0. The lowest BCUT2D eigenvalue weighted by Gasteiger charge is -1.98. The number of carbonyl (C=O) groups is 1. The fraction of sp³-hybridized carbons (Fsp3) is 0.833. The molecule has 0 amide bonds. The Morgan fingerprint density at radius 3 is 2.78 bits per heavy atom. The number of esters is 1. The third-order valence-electron chi connectivity index (χ3n) is 1.31. The molecule has 0 radical (unpaired) electrons. The van der Waals surface area contributed by atoms with Gasteiger partial charge in [0.2, 0.25) is 0 Å². The van der Waals surface area contributed by atoms with Gasteiger partial charge in [-0.05, 0) is 18.8 Å². The molecule has 0 aliphatic heterocycles. The van der Waals surface area contributed by atoms with Crippen LogP contribution in [0, 0.1) is 5.92 Å². The summed E-state index contributed by atoms with van der Waals surface area (Å²) in [6.45, 7) is 0.611. The molecule has 0 bridgehead atoms. The van der Waals surface area contributed by atoms with E-state index >= 15 is 0 Å². The quantitative estimate of drug-likeness (QED) is 0.472. The van der Waals surface area contributed by atoms with Crippen molar-refractivity contribution in [3.8, 4) is 0 Å². The summed E-state index contributed by atoms with van der Waals surface area (Å²) in [5, 5.41) is 0. The Balaban J connectivity index is 1.96. The standard InChI is InChI=1S/C6H10O2S/c7-6(4-9)8-3-5-1-2-5/h5,9H,1-4H2. The second kappa shape index (κ2) is 3.11. The summed E-state index contributed by atoms with van der Waals surface area (Å²) in [6.07, 6.45) is 2.44. The third kappa shape index (κ3) is 2.75. The van der Waals surface area contributed by atoms with Crippen LogP contribution in [0.15, 0.2) is 0 Å². The van der Waals surface area contributed by atoms with Gasteiger partial charge in [-0.25, -0.2) is 0 Å². The van der Waals surface area contributed by atoms with E-state index in [1.807, 2.05) is 0 Å². The smallest absolute Gasteiger partial charge is 0.315 e. The largest absolute Gasteiger partial charge is 0.465 e. The first-order valence-corrected chi connectivity index (χ1v) is 3.72. The van der Waals surface area contributed by atoms with Crippen molar-refractivity contribution < 1.29 is 9.53 Å². The van der Waals surface area contributed by atoms with E-state index in [4.69, 9.17) is 4.74 Å². The molecule has 0 saturated heterocycles. The predicted molar refractivity (Wildman–Crippen MR) is 37.5 cm³/mol. The van der Waals surface area contributed by atoms with E-state index < -0.39 is 0 Å². The molecule has 1 saturated carbocycles. The maximum atomic E-state index is 10.4. The van der Waals surface area contributed by atoms with Gasteiger partial charge >= 0.3 is 5.97 Å². The van der Waals surface area contributed by atoms with Crippen molar-refractivity contribution in [2.45, 2.75) is 12.8 Å². The summed E-state index contributed by atoms with van der Waals surface area (Å²) in [4.78, 5) is 10.4. The highest BCUT2D eigenvalue weighted by Gasteiger charge is 2.22. The van der Waals surface area contributed by atoms with Gasteiger partial charge in [-0.3, -0.25) is 4.79 Å². The van der Waals surface area contributed by atoms with Crippen molar-refractivity contribution in [1.82, 2.24) is 0 Å². The van der Waals surface area contributed by atoms with E-state index in [1.54, 1.807) is 0 Å². The van der Waals surface area contributed by atoms with Crippen LogP contribution in [0.3, 0.4) is 0 Å². The molecule has 1 aliphatic carbocycles. The van der Waals surface area contributed by atoms with Crippen LogP contribution >= 0.6 is 12.6 Å². The van der Waals surface area contributed by atoms with Gasteiger partial charge in [-0.1, -0.05) is 0 Å². The zero-order chi connectivity index (χ0) is 6.69. The molecule has 0 aromatic carbocycles. The van der Waals surface area contributed by atoms with Crippen LogP contribution in [0.1, 0.15) is 12.8 Å². The molecule has 0 spiro atoms. The van der Waals surface area contributed by atoms with E-state index in [0.29, 0.717) is 12.5 Å². The fourth-order valence-corrected chi connectivity index (χ4v) is 0.632. The molecule has 1 aliphatic rings. The first kappa shape index (κ1) is 6.93. The average Bonchev–Trinajstić information content (AvgIpc) is 2.65. The molecular formula is C6H10O2S. The Morgan fingerprint density at radius 2 is 2.33 bits per heavy atom. The number of hydrogen-bond donors (Lipinski definition) is 1. The molecule has 0 atom stereocenters. The second-order valence-corrected chi connectivity index (χ2v) is 2.60. The van der Waals surface area contributed by atoms with E-state index in [2.05, 4.69) is 12.6 Å². The number of rotatable bonds is 3. The van der Waals surface area contributed by atoms with Crippen molar-refractivity contribution in [3.05, 3.63) is 0 Å². The zero-order valence-corrected chi connectivity index (χ0v) is 6.06.